The maximum atomic E-state index is 2.37. The molecule has 0 heterocycles. The molecule has 0 aliphatic carbocycles. The molecule has 2 nitrogen and oxygen atoms in total. The third-order valence-electron chi connectivity index (χ3n) is 12.3. The van der Waals surface area contributed by atoms with Crippen molar-refractivity contribution in [2.24, 2.45) is 0 Å². The summed E-state index contributed by atoms with van der Waals surface area (Å²) >= 11 is 0. The monoisotopic (exact) mass is 798 g/mol. The van der Waals surface area contributed by atoms with Gasteiger partial charge in [-0.05, 0) is 150 Å². The van der Waals surface area contributed by atoms with Crippen molar-refractivity contribution in [3.8, 4) is 0 Å². The lowest BCUT2D eigenvalue weighted by atomic mass is 9.98. The van der Waals surface area contributed by atoms with Crippen LogP contribution in [0.1, 0.15) is 61.8 Å². The molecule has 0 aromatic heterocycles. The fourth-order valence-corrected chi connectivity index (χ4v) is 8.69. The van der Waals surface area contributed by atoms with E-state index >= 15 is 0 Å². The Morgan fingerprint density at radius 1 is 0.274 bits per heavy atom. The second-order valence-corrected chi connectivity index (χ2v) is 17.1. The smallest absolute Gasteiger partial charge is 0.0468 e. The maximum absolute atomic E-state index is 2.37. The Labute approximate surface area is 365 Å². The van der Waals surface area contributed by atoms with Crippen LogP contribution in [-0.2, 0) is 0 Å². The molecule has 0 saturated heterocycles. The van der Waals surface area contributed by atoms with E-state index in [9.17, 15) is 0 Å². The van der Waals surface area contributed by atoms with E-state index < -0.39 is 0 Å². The van der Waals surface area contributed by atoms with Gasteiger partial charge in [0.05, 0.1) is 0 Å². The lowest BCUT2D eigenvalue weighted by molar-refractivity contribution is 0.868. The molecule has 0 fully saturated rings. The lowest BCUT2D eigenvalue weighted by Crippen LogP contribution is -2.10. The number of hydrogen-bond donors (Lipinski definition) is 0. The molecule has 0 atom stereocenters. The van der Waals surface area contributed by atoms with E-state index in [0.29, 0.717) is 11.8 Å². The Morgan fingerprint density at radius 3 is 1.00 bits per heavy atom. The van der Waals surface area contributed by atoms with Crippen LogP contribution in [0, 0.1) is 0 Å². The highest BCUT2D eigenvalue weighted by Gasteiger charge is 2.16. The molecule has 0 aliphatic rings. The average Bonchev–Trinajstić information content (AvgIpc) is 3.31. The van der Waals surface area contributed by atoms with E-state index in [-0.39, 0.29) is 0 Å². The third-order valence-corrected chi connectivity index (χ3v) is 12.3. The normalized spacial score (nSPS) is 11.8. The van der Waals surface area contributed by atoms with Gasteiger partial charge in [-0.2, -0.15) is 0 Å². The first-order valence-corrected chi connectivity index (χ1v) is 21.9. The van der Waals surface area contributed by atoms with E-state index in [1.165, 1.54) is 54.2 Å². The van der Waals surface area contributed by atoms with Crippen molar-refractivity contribution >= 4 is 89.4 Å². The van der Waals surface area contributed by atoms with Gasteiger partial charge in [0.25, 0.3) is 0 Å². The first-order chi connectivity index (χ1) is 30.3. The predicted octanol–water partition coefficient (Wildman–Crippen LogP) is 17.7. The summed E-state index contributed by atoms with van der Waals surface area (Å²) in [5.74, 6) is 0.961. The number of benzene rings is 10. The molecule has 0 saturated carbocycles. The van der Waals surface area contributed by atoms with Crippen molar-refractivity contribution < 1.29 is 0 Å². The highest BCUT2D eigenvalue weighted by Crippen LogP contribution is 2.40. The van der Waals surface area contributed by atoms with Crippen LogP contribution in [0.25, 0.3) is 55.2 Å². The minimum atomic E-state index is 0.470. The van der Waals surface area contributed by atoms with Crippen molar-refractivity contribution in [3.63, 3.8) is 0 Å². The van der Waals surface area contributed by atoms with Crippen LogP contribution in [0.5, 0.6) is 0 Å². The Bertz CT molecular complexity index is 3250. The number of rotatable bonds is 10. The molecule has 10 aromatic carbocycles. The van der Waals surface area contributed by atoms with Crippen LogP contribution in [0.15, 0.2) is 206 Å². The van der Waals surface area contributed by atoms with Crippen molar-refractivity contribution in [3.05, 3.63) is 229 Å². The second kappa shape index (κ2) is 16.6. The first-order valence-electron chi connectivity index (χ1n) is 21.9. The first kappa shape index (κ1) is 38.8. The number of nitrogens with zero attached hydrogens (tertiary/aromatic N) is 2. The number of anilines is 6. The summed E-state index contributed by atoms with van der Waals surface area (Å²) in [6.07, 6.45) is 4.41. The van der Waals surface area contributed by atoms with Crippen molar-refractivity contribution in [1.29, 1.82) is 0 Å². The molecule has 10 rings (SSSR count). The minimum absolute atomic E-state index is 0.470. The van der Waals surface area contributed by atoms with E-state index in [1.54, 1.807) is 0 Å². The fraction of sp³-hybridized carbons (Fsp3) is 0.100. The molecular weight excluding hydrogens is 749 g/mol. The highest BCUT2D eigenvalue weighted by molar-refractivity contribution is 5.95. The van der Waals surface area contributed by atoms with E-state index in [4.69, 9.17) is 0 Å². The Hall–Kier alpha value is -7.42. The zero-order valence-corrected chi connectivity index (χ0v) is 35.8. The van der Waals surface area contributed by atoms with Crippen LogP contribution >= 0.6 is 0 Å². The fourth-order valence-electron chi connectivity index (χ4n) is 8.69. The van der Waals surface area contributed by atoms with Crippen LogP contribution in [-0.4, -0.2) is 0 Å². The van der Waals surface area contributed by atoms with Gasteiger partial charge in [0.1, 0.15) is 0 Å². The summed E-state index contributed by atoms with van der Waals surface area (Å²) in [5.41, 5.74) is 11.8. The van der Waals surface area contributed by atoms with Crippen LogP contribution in [0.4, 0.5) is 34.1 Å². The molecular formula is C60H50N2. The summed E-state index contributed by atoms with van der Waals surface area (Å²) in [6.45, 7) is 9.02. The lowest BCUT2D eigenvalue weighted by Gasteiger charge is -2.26. The summed E-state index contributed by atoms with van der Waals surface area (Å²) < 4.78 is 0. The molecule has 0 spiro atoms. The molecule has 0 radical (unpaired) electrons. The second-order valence-electron chi connectivity index (χ2n) is 17.1. The molecule has 300 valence electrons. The molecule has 2 heteroatoms. The van der Waals surface area contributed by atoms with Gasteiger partial charge in [0, 0.05) is 34.1 Å². The number of hydrogen-bond acceptors (Lipinski definition) is 2. The van der Waals surface area contributed by atoms with Gasteiger partial charge < -0.3 is 9.80 Å². The van der Waals surface area contributed by atoms with Gasteiger partial charge in [-0.15, -0.1) is 0 Å². The molecule has 62 heavy (non-hydrogen) atoms. The van der Waals surface area contributed by atoms with E-state index in [0.717, 1.165) is 45.3 Å². The average molecular weight is 799 g/mol. The molecule has 0 aliphatic heterocycles. The Morgan fingerprint density at radius 2 is 0.565 bits per heavy atom. The van der Waals surface area contributed by atoms with Gasteiger partial charge in [-0.1, -0.05) is 173 Å². The molecule has 0 amide bonds. The van der Waals surface area contributed by atoms with Gasteiger partial charge >= 0.3 is 0 Å². The van der Waals surface area contributed by atoms with Gasteiger partial charge in [0.2, 0.25) is 0 Å². The molecule has 10 aromatic rings. The van der Waals surface area contributed by atoms with Gasteiger partial charge in [0.15, 0.2) is 0 Å². The van der Waals surface area contributed by atoms with Crippen LogP contribution in [0.2, 0.25) is 0 Å². The molecule has 0 bridgehead atoms. The van der Waals surface area contributed by atoms with Crippen molar-refractivity contribution in [2.75, 3.05) is 9.80 Å². The standard InChI is InChI=1S/C60H50N2/c1-41(2)48-21-22-53-39-59(34-26-52(53)35-48)61(57-31-23-45-9-5-7-11-50(45)37-57)55-27-15-43(16-28-55)13-14-44-17-29-56(30-18-44)62(58-32-24-46-10-6-8-12-51(46)38-58)60-33-25-47-19-20-49(42(3)4)36-54(47)40-60/h5-42H,1-4H3/b14-13+. The Balaban J connectivity index is 0.956. The summed E-state index contributed by atoms with van der Waals surface area (Å²) in [4.78, 5) is 4.74. The molecule has 0 unspecified atom stereocenters. The third kappa shape index (κ3) is 7.84. The summed E-state index contributed by atoms with van der Waals surface area (Å²) in [6, 6.07) is 75.8. The van der Waals surface area contributed by atoms with Crippen molar-refractivity contribution in [2.45, 2.75) is 39.5 Å². The largest absolute Gasteiger partial charge is 0.310 e. The van der Waals surface area contributed by atoms with Gasteiger partial charge in [-0.3, -0.25) is 0 Å². The van der Waals surface area contributed by atoms with E-state index in [1.807, 2.05) is 0 Å². The summed E-state index contributed by atoms with van der Waals surface area (Å²) in [7, 11) is 0. The van der Waals surface area contributed by atoms with Gasteiger partial charge in [-0.25, -0.2) is 0 Å². The zero-order chi connectivity index (χ0) is 42.2. The van der Waals surface area contributed by atoms with E-state index in [2.05, 4.69) is 256 Å². The Kier molecular flexibility index (Phi) is 10.4. The quantitative estimate of drug-likeness (QED) is 0.127. The van der Waals surface area contributed by atoms with Crippen molar-refractivity contribution in [1.82, 2.24) is 0 Å². The topological polar surface area (TPSA) is 6.48 Å². The highest BCUT2D eigenvalue weighted by atomic mass is 15.1. The number of fused-ring (bicyclic) bond motifs is 4. The van der Waals surface area contributed by atoms with Crippen LogP contribution in [0.3, 0.4) is 0 Å². The zero-order valence-electron chi connectivity index (χ0n) is 35.8. The maximum Gasteiger partial charge on any atom is 0.0468 e. The molecule has 0 N–H and O–H groups in total. The SMILES string of the molecule is CC(C)c1ccc2cc(N(c3ccc(/C=C/c4ccc(N(c5ccc6ccccc6c5)c5ccc6ccc(C(C)C)cc6c5)cc4)cc3)c3ccc4ccccc4c3)ccc2c1. The van der Waals surface area contributed by atoms with Crippen LogP contribution < -0.4 is 9.80 Å². The summed E-state index contributed by atoms with van der Waals surface area (Å²) in [5, 5.41) is 9.92. The minimum Gasteiger partial charge on any atom is -0.310 e. The predicted molar refractivity (Wildman–Crippen MR) is 269 cm³/mol.